The maximum Gasteiger partial charge on any atom is 0.408 e. The molecule has 3 N–H and O–H groups in total. The molecule has 2 rings (SSSR count). The third kappa shape index (κ3) is 4.07. The average molecular weight is 357 g/mol. The number of hydrogen-bond acceptors (Lipinski definition) is 4. The first kappa shape index (κ1) is 15.6. The van der Waals surface area contributed by atoms with Crippen molar-refractivity contribution < 1.29 is 14.7 Å². The normalized spacial score (nSPS) is 15.8. The fraction of sp³-hybridized carbons (Fsp3) is 0.462. The Kier molecular flexibility index (Phi) is 5.00. The van der Waals surface area contributed by atoms with Crippen molar-refractivity contribution >= 4 is 33.7 Å². The molecule has 7 nitrogen and oxygen atoms in total. The van der Waals surface area contributed by atoms with Gasteiger partial charge in [0.2, 0.25) is 5.91 Å². The summed E-state index contributed by atoms with van der Waals surface area (Å²) in [5, 5.41) is 9.18. The molecular formula is C13H17BrN4O3. The number of amides is 2. The Morgan fingerprint density at radius 1 is 1.43 bits per heavy atom. The average Bonchev–Trinajstić information content (AvgIpc) is 2.44. The van der Waals surface area contributed by atoms with Gasteiger partial charge in [-0.1, -0.05) is 6.07 Å². The van der Waals surface area contributed by atoms with E-state index in [2.05, 4.69) is 25.8 Å². The lowest BCUT2D eigenvalue weighted by atomic mass is 10.0. The SMILES string of the molecule is NC(=O)CN(C(=O)O)C1CCN(c2cccc(Br)n2)CC1. The predicted octanol–water partition coefficient (Wildman–Crippen LogP) is 1.28. The van der Waals surface area contributed by atoms with Crippen LogP contribution in [0.4, 0.5) is 10.6 Å². The molecular weight excluding hydrogens is 340 g/mol. The van der Waals surface area contributed by atoms with Gasteiger partial charge in [-0.25, -0.2) is 9.78 Å². The summed E-state index contributed by atoms with van der Waals surface area (Å²) in [5.41, 5.74) is 5.10. The van der Waals surface area contributed by atoms with Gasteiger partial charge in [0.05, 0.1) is 0 Å². The zero-order chi connectivity index (χ0) is 15.4. The summed E-state index contributed by atoms with van der Waals surface area (Å²) in [7, 11) is 0. The van der Waals surface area contributed by atoms with Crippen LogP contribution < -0.4 is 10.6 Å². The summed E-state index contributed by atoms with van der Waals surface area (Å²) in [6.07, 6.45) is 0.189. The third-order valence-corrected chi connectivity index (χ3v) is 3.94. The zero-order valence-electron chi connectivity index (χ0n) is 11.4. The summed E-state index contributed by atoms with van der Waals surface area (Å²) in [5.74, 6) is 0.230. The Morgan fingerprint density at radius 3 is 2.62 bits per heavy atom. The standard InChI is InChI=1S/C13H17BrN4O3/c14-10-2-1-3-12(16-10)17-6-4-9(5-7-17)18(13(20)21)8-11(15)19/h1-3,9H,4-8H2,(H2,15,19)(H,20,21). The van der Waals surface area contributed by atoms with Crippen LogP contribution in [0.1, 0.15) is 12.8 Å². The largest absolute Gasteiger partial charge is 0.465 e. The molecule has 8 heteroatoms. The number of aromatic nitrogens is 1. The number of carboxylic acid groups (broad SMARTS) is 1. The van der Waals surface area contributed by atoms with E-state index in [1.54, 1.807) is 0 Å². The van der Waals surface area contributed by atoms with Crippen molar-refractivity contribution in [3.63, 3.8) is 0 Å². The van der Waals surface area contributed by atoms with Gasteiger partial charge in [0.1, 0.15) is 17.0 Å². The van der Waals surface area contributed by atoms with Gasteiger partial charge in [0.25, 0.3) is 0 Å². The Bertz CT molecular complexity index is 532. The fourth-order valence-electron chi connectivity index (χ4n) is 2.50. The molecule has 1 aliphatic heterocycles. The maximum atomic E-state index is 11.2. The summed E-state index contributed by atoms with van der Waals surface area (Å²) >= 11 is 3.33. The Labute approximate surface area is 130 Å². The van der Waals surface area contributed by atoms with E-state index in [4.69, 9.17) is 5.73 Å². The van der Waals surface area contributed by atoms with Crippen LogP contribution in [0.25, 0.3) is 0 Å². The summed E-state index contributed by atoms with van der Waals surface area (Å²) in [6, 6.07) is 5.51. The minimum atomic E-state index is -1.10. The van der Waals surface area contributed by atoms with Crippen molar-refractivity contribution in [2.75, 3.05) is 24.5 Å². The molecule has 1 saturated heterocycles. The molecule has 1 fully saturated rings. The molecule has 0 spiro atoms. The molecule has 0 saturated carbocycles. The predicted molar refractivity (Wildman–Crippen MR) is 81.1 cm³/mol. The lowest BCUT2D eigenvalue weighted by Crippen LogP contribution is -2.49. The number of pyridine rings is 1. The topological polar surface area (TPSA) is 99.8 Å². The van der Waals surface area contributed by atoms with Crippen LogP contribution in [0.15, 0.2) is 22.8 Å². The van der Waals surface area contributed by atoms with Gasteiger partial charge in [-0.05, 0) is 40.9 Å². The molecule has 0 atom stereocenters. The van der Waals surface area contributed by atoms with Crippen molar-refractivity contribution in [2.24, 2.45) is 5.73 Å². The number of carbonyl (C=O) groups is 2. The number of hydrogen-bond donors (Lipinski definition) is 2. The van der Waals surface area contributed by atoms with Gasteiger partial charge >= 0.3 is 6.09 Å². The fourth-order valence-corrected chi connectivity index (χ4v) is 2.84. The smallest absolute Gasteiger partial charge is 0.408 e. The lowest BCUT2D eigenvalue weighted by Gasteiger charge is -2.37. The minimum absolute atomic E-state index is 0.182. The van der Waals surface area contributed by atoms with Crippen LogP contribution in [0.5, 0.6) is 0 Å². The number of rotatable bonds is 4. The highest BCUT2D eigenvalue weighted by molar-refractivity contribution is 9.10. The van der Waals surface area contributed by atoms with Crippen LogP contribution in [-0.4, -0.2) is 52.7 Å². The monoisotopic (exact) mass is 356 g/mol. The highest BCUT2D eigenvalue weighted by Crippen LogP contribution is 2.22. The molecule has 0 bridgehead atoms. The van der Waals surface area contributed by atoms with E-state index < -0.39 is 12.0 Å². The molecule has 1 aromatic heterocycles. The molecule has 0 radical (unpaired) electrons. The maximum absolute atomic E-state index is 11.2. The van der Waals surface area contributed by atoms with E-state index in [9.17, 15) is 14.7 Å². The highest BCUT2D eigenvalue weighted by Gasteiger charge is 2.29. The van der Waals surface area contributed by atoms with Gasteiger partial charge in [0, 0.05) is 19.1 Å². The number of carbonyl (C=O) groups excluding carboxylic acids is 1. The molecule has 0 unspecified atom stereocenters. The van der Waals surface area contributed by atoms with Crippen molar-refractivity contribution in [3.05, 3.63) is 22.8 Å². The van der Waals surface area contributed by atoms with Crippen LogP contribution in [0.2, 0.25) is 0 Å². The highest BCUT2D eigenvalue weighted by atomic mass is 79.9. The zero-order valence-corrected chi connectivity index (χ0v) is 13.0. The first-order valence-electron chi connectivity index (χ1n) is 6.62. The van der Waals surface area contributed by atoms with Gasteiger partial charge < -0.3 is 15.7 Å². The molecule has 21 heavy (non-hydrogen) atoms. The number of piperidine rings is 1. The Balaban J connectivity index is 1.98. The van der Waals surface area contributed by atoms with E-state index in [1.165, 1.54) is 0 Å². The summed E-state index contributed by atoms with van der Waals surface area (Å²) < 4.78 is 0.767. The van der Waals surface area contributed by atoms with Crippen LogP contribution in [0, 0.1) is 0 Å². The Morgan fingerprint density at radius 2 is 2.10 bits per heavy atom. The van der Waals surface area contributed by atoms with Crippen LogP contribution >= 0.6 is 15.9 Å². The van der Waals surface area contributed by atoms with Crippen molar-refractivity contribution in [3.8, 4) is 0 Å². The number of nitrogens with zero attached hydrogens (tertiary/aromatic N) is 3. The first-order chi connectivity index (χ1) is 9.97. The lowest BCUT2D eigenvalue weighted by molar-refractivity contribution is -0.119. The first-order valence-corrected chi connectivity index (χ1v) is 7.42. The van der Waals surface area contributed by atoms with Crippen molar-refractivity contribution in [2.45, 2.75) is 18.9 Å². The van der Waals surface area contributed by atoms with Crippen LogP contribution in [-0.2, 0) is 4.79 Å². The van der Waals surface area contributed by atoms with Crippen molar-refractivity contribution in [1.82, 2.24) is 9.88 Å². The molecule has 114 valence electrons. The van der Waals surface area contributed by atoms with Crippen molar-refractivity contribution in [1.29, 1.82) is 0 Å². The molecule has 1 aliphatic rings. The molecule has 2 heterocycles. The van der Waals surface area contributed by atoms with Gasteiger partial charge in [-0.15, -0.1) is 0 Å². The Hall–Kier alpha value is -1.83. The van der Waals surface area contributed by atoms with E-state index in [0.29, 0.717) is 25.9 Å². The number of nitrogens with two attached hydrogens (primary N) is 1. The van der Waals surface area contributed by atoms with E-state index in [1.807, 2.05) is 18.2 Å². The number of anilines is 1. The number of halogens is 1. The van der Waals surface area contributed by atoms with Gasteiger partial charge in [0.15, 0.2) is 0 Å². The quantitative estimate of drug-likeness (QED) is 0.791. The van der Waals surface area contributed by atoms with E-state index in [-0.39, 0.29) is 12.6 Å². The second-order valence-electron chi connectivity index (χ2n) is 4.91. The van der Waals surface area contributed by atoms with Gasteiger partial charge in [-0.2, -0.15) is 0 Å². The number of primary amides is 1. The summed E-state index contributed by atoms with van der Waals surface area (Å²) in [4.78, 5) is 29.8. The molecule has 1 aromatic rings. The third-order valence-electron chi connectivity index (χ3n) is 3.50. The molecule has 0 aliphatic carbocycles. The summed E-state index contributed by atoms with van der Waals surface area (Å²) in [6.45, 7) is 1.13. The van der Waals surface area contributed by atoms with E-state index >= 15 is 0 Å². The second-order valence-corrected chi connectivity index (χ2v) is 5.73. The molecule has 2 amide bonds. The van der Waals surface area contributed by atoms with E-state index in [0.717, 1.165) is 15.3 Å². The van der Waals surface area contributed by atoms with Gasteiger partial charge in [-0.3, -0.25) is 9.69 Å². The minimum Gasteiger partial charge on any atom is -0.465 e. The molecule has 0 aromatic carbocycles. The second kappa shape index (κ2) is 6.75. The van der Waals surface area contributed by atoms with Crippen LogP contribution in [0.3, 0.4) is 0 Å².